The van der Waals surface area contributed by atoms with Gasteiger partial charge in [-0.15, -0.1) is 0 Å². The summed E-state index contributed by atoms with van der Waals surface area (Å²) < 4.78 is 9.89. The predicted octanol–water partition coefficient (Wildman–Crippen LogP) is 1.37. The maximum atomic E-state index is 11.8. The molecule has 1 aliphatic rings. The van der Waals surface area contributed by atoms with E-state index in [0.29, 0.717) is 0 Å². The average Bonchev–Trinajstić information content (AvgIpc) is 2.54. The van der Waals surface area contributed by atoms with Crippen LogP contribution in [0.1, 0.15) is 33.6 Å². The highest BCUT2D eigenvalue weighted by Gasteiger charge is 2.42. The lowest BCUT2D eigenvalue weighted by Gasteiger charge is -2.24. The molecule has 0 radical (unpaired) electrons. The third-order valence-electron chi connectivity index (χ3n) is 3.13. The van der Waals surface area contributed by atoms with E-state index in [9.17, 15) is 14.4 Å². The lowest BCUT2D eigenvalue weighted by Crippen LogP contribution is -2.39. The van der Waals surface area contributed by atoms with E-state index in [4.69, 9.17) is 9.47 Å². The van der Waals surface area contributed by atoms with E-state index >= 15 is 0 Å². The van der Waals surface area contributed by atoms with Crippen LogP contribution in [0.2, 0.25) is 0 Å². The van der Waals surface area contributed by atoms with Gasteiger partial charge in [0.25, 0.3) is 0 Å². The number of rotatable bonds is 6. The van der Waals surface area contributed by atoms with Crippen molar-refractivity contribution < 1.29 is 23.9 Å². The number of amides is 1. The molecule has 0 aliphatic carbocycles. The molecule has 2 atom stereocenters. The molecule has 1 aliphatic heterocycles. The molecule has 0 bridgehead atoms. The maximum Gasteiger partial charge on any atom is 0.410 e. The van der Waals surface area contributed by atoms with Crippen LogP contribution in [0.25, 0.3) is 0 Å². The summed E-state index contributed by atoms with van der Waals surface area (Å²) in [4.78, 5) is 36.0. The fourth-order valence-electron chi connectivity index (χ4n) is 2.36. The molecule has 6 nitrogen and oxygen atoms in total. The van der Waals surface area contributed by atoms with E-state index in [2.05, 4.69) is 0 Å². The molecule has 0 aromatic heterocycles. The zero-order chi connectivity index (χ0) is 14.6. The van der Waals surface area contributed by atoms with Crippen molar-refractivity contribution in [1.29, 1.82) is 0 Å². The molecule has 1 saturated heterocycles. The van der Waals surface area contributed by atoms with E-state index in [1.165, 1.54) is 4.90 Å². The van der Waals surface area contributed by atoms with E-state index in [1.54, 1.807) is 14.0 Å². The van der Waals surface area contributed by atoms with Gasteiger partial charge in [-0.05, 0) is 12.8 Å². The van der Waals surface area contributed by atoms with Gasteiger partial charge in [0.05, 0.1) is 12.6 Å². The first kappa shape index (κ1) is 15.5. The highest BCUT2D eigenvalue weighted by molar-refractivity contribution is 5.96. The molecule has 1 fully saturated rings. The highest BCUT2D eigenvalue weighted by atomic mass is 16.6. The van der Waals surface area contributed by atoms with Crippen molar-refractivity contribution in [3.63, 3.8) is 0 Å². The molecule has 0 spiro atoms. The summed E-state index contributed by atoms with van der Waals surface area (Å²) in [5.74, 6) is -0.625. The van der Waals surface area contributed by atoms with Gasteiger partial charge in [-0.3, -0.25) is 9.59 Å². The fraction of sp³-hybridized carbons (Fsp3) is 0.769. The van der Waals surface area contributed by atoms with Crippen LogP contribution in [-0.2, 0) is 19.1 Å². The molecule has 0 unspecified atom stereocenters. The maximum absolute atomic E-state index is 11.8. The number of cyclic esters (lactones) is 1. The molecule has 1 rings (SSSR count). The van der Waals surface area contributed by atoms with Gasteiger partial charge in [-0.2, -0.15) is 0 Å². The monoisotopic (exact) mass is 271 g/mol. The minimum atomic E-state index is -0.536. The summed E-state index contributed by atoms with van der Waals surface area (Å²) >= 11 is 0. The molecule has 0 aromatic rings. The Morgan fingerprint density at radius 3 is 2.58 bits per heavy atom. The van der Waals surface area contributed by atoms with Crippen molar-refractivity contribution in [2.75, 3.05) is 13.7 Å². The number of likely N-dealkylation sites (N-methyl/N-ethyl adjacent to an activating group) is 1. The average molecular weight is 271 g/mol. The Kier molecular flexibility index (Phi) is 5.32. The van der Waals surface area contributed by atoms with Gasteiger partial charge in [0.15, 0.2) is 0 Å². The van der Waals surface area contributed by atoms with Gasteiger partial charge in [0.1, 0.15) is 18.3 Å². The largest absolute Gasteiger partial charge is 0.466 e. The minimum Gasteiger partial charge on any atom is -0.466 e. The molecule has 0 saturated carbocycles. The minimum absolute atomic E-state index is 0.0533. The number of hydrogen-bond donors (Lipinski definition) is 0. The number of carbonyl (C=O) groups excluding carboxylic acids is 3. The number of ketones is 1. The van der Waals surface area contributed by atoms with E-state index < -0.39 is 18.2 Å². The van der Waals surface area contributed by atoms with Crippen molar-refractivity contribution in [2.24, 2.45) is 5.92 Å². The molecule has 1 heterocycles. The van der Waals surface area contributed by atoms with Gasteiger partial charge >= 0.3 is 12.1 Å². The van der Waals surface area contributed by atoms with Gasteiger partial charge in [-0.25, -0.2) is 4.79 Å². The highest BCUT2D eigenvalue weighted by Crippen LogP contribution is 2.26. The molecular formula is C13H21NO5. The van der Waals surface area contributed by atoms with Crippen LogP contribution >= 0.6 is 0 Å². The van der Waals surface area contributed by atoms with E-state index in [0.717, 1.165) is 0 Å². The van der Waals surface area contributed by atoms with Crippen molar-refractivity contribution in [3.8, 4) is 0 Å². The van der Waals surface area contributed by atoms with Crippen molar-refractivity contribution in [1.82, 2.24) is 4.90 Å². The third-order valence-corrected chi connectivity index (χ3v) is 3.13. The van der Waals surface area contributed by atoms with Gasteiger partial charge in [0, 0.05) is 13.5 Å². The molecule has 19 heavy (non-hydrogen) atoms. The number of ether oxygens (including phenoxy) is 2. The second-order valence-electron chi connectivity index (χ2n) is 4.99. The number of carbonyl (C=O) groups is 3. The van der Waals surface area contributed by atoms with Crippen LogP contribution in [0.3, 0.4) is 0 Å². The summed E-state index contributed by atoms with van der Waals surface area (Å²) in [6.07, 6.45) is -1.12. The summed E-state index contributed by atoms with van der Waals surface area (Å²) in [5.41, 5.74) is 0. The van der Waals surface area contributed by atoms with Crippen LogP contribution in [0.5, 0.6) is 0 Å². The number of hydrogen-bond acceptors (Lipinski definition) is 5. The number of nitrogens with zero attached hydrogens (tertiary/aromatic N) is 1. The summed E-state index contributed by atoms with van der Waals surface area (Å²) in [6, 6.07) is -0.140. The molecule has 1 amide bonds. The summed E-state index contributed by atoms with van der Waals surface area (Å²) in [7, 11) is 1.66. The van der Waals surface area contributed by atoms with Crippen LogP contribution in [0.4, 0.5) is 4.79 Å². The van der Waals surface area contributed by atoms with Crippen LogP contribution in [0.15, 0.2) is 0 Å². The zero-order valence-electron chi connectivity index (χ0n) is 11.8. The van der Waals surface area contributed by atoms with Crippen molar-refractivity contribution >= 4 is 17.8 Å². The first-order valence-corrected chi connectivity index (χ1v) is 6.47. The van der Waals surface area contributed by atoms with Crippen LogP contribution < -0.4 is 0 Å². The van der Waals surface area contributed by atoms with Crippen LogP contribution in [0, 0.1) is 5.92 Å². The molecular weight excluding hydrogens is 250 g/mol. The van der Waals surface area contributed by atoms with E-state index in [1.807, 2.05) is 13.8 Å². The van der Waals surface area contributed by atoms with Gasteiger partial charge in [0.2, 0.25) is 0 Å². The summed E-state index contributed by atoms with van der Waals surface area (Å²) in [5, 5.41) is 0. The van der Waals surface area contributed by atoms with Gasteiger partial charge < -0.3 is 14.4 Å². The first-order valence-electron chi connectivity index (χ1n) is 6.47. The third kappa shape index (κ3) is 3.94. The fourth-order valence-corrected chi connectivity index (χ4v) is 2.36. The van der Waals surface area contributed by atoms with Gasteiger partial charge in [-0.1, -0.05) is 13.8 Å². The Morgan fingerprint density at radius 2 is 2.05 bits per heavy atom. The molecule has 0 aromatic carbocycles. The summed E-state index contributed by atoms with van der Waals surface area (Å²) in [6.45, 7) is 5.87. The van der Waals surface area contributed by atoms with Crippen molar-refractivity contribution in [2.45, 2.75) is 45.8 Å². The van der Waals surface area contributed by atoms with E-state index in [-0.39, 0.29) is 37.2 Å². The topological polar surface area (TPSA) is 72.9 Å². The quantitative estimate of drug-likeness (QED) is 0.539. The standard InChI is InChI=1S/C13H21NO5/c1-5-18-11(16)7-9(15)6-10-12(8(2)3)14(4)13(17)19-10/h8,10,12H,5-7H2,1-4H3/t10-,12-/m0/s1. The number of Topliss-reactive ketones (excluding diaryl/α,β-unsaturated/α-hetero) is 1. The lowest BCUT2D eigenvalue weighted by molar-refractivity contribution is -0.145. The smallest absolute Gasteiger partial charge is 0.410 e. The predicted molar refractivity (Wildman–Crippen MR) is 67.5 cm³/mol. The Labute approximate surface area is 113 Å². The molecule has 6 heteroatoms. The second-order valence-corrected chi connectivity index (χ2v) is 4.99. The van der Waals surface area contributed by atoms with Crippen LogP contribution in [-0.4, -0.2) is 48.5 Å². The first-order chi connectivity index (χ1) is 8.86. The zero-order valence-corrected chi connectivity index (χ0v) is 11.8. The normalized spacial score (nSPS) is 22.6. The number of esters is 1. The molecule has 108 valence electrons. The molecule has 0 N–H and O–H groups in total. The lowest BCUT2D eigenvalue weighted by atomic mass is 9.94. The van der Waals surface area contributed by atoms with Crippen molar-refractivity contribution in [3.05, 3.63) is 0 Å². The Bertz CT molecular complexity index is 366. The Hall–Kier alpha value is -1.59. The second kappa shape index (κ2) is 6.54. The Balaban J connectivity index is 2.58. The Morgan fingerprint density at radius 1 is 1.42 bits per heavy atom. The SMILES string of the molecule is CCOC(=O)CC(=O)C[C@@H]1OC(=O)N(C)[C@H]1C(C)C.